The average molecular weight is 521 g/mol. The van der Waals surface area contributed by atoms with E-state index in [0.29, 0.717) is 0 Å². The quantitative estimate of drug-likeness (QED) is 0.177. The van der Waals surface area contributed by atoms with Crippen LogP contribution in [0, 0.1) is 0 Å². The van der Waals surface area contributed by atoms with Crippen LogP contribution >= 0.6 is 0 Å². The molecule has 2 N–H and O–H groups in total. The van der Waals surface area contributed by atoms with Gasteiger partial charge in [0.1, 0.15) is 37.9 Å². The van der Waals surface area contributed by atoms with Gasteiger partial charge in [-0.05, 0) is 48.5 Å². The molecule has 0 saturated carbocycles. The summed E-state index contributed by atoms with van der Waals surface area (Å²) in [5.74, 6) is 0.516. The van der Waals surface area contributed by atoms with Gasteiger partial charge in [0.15, 0.2) is 0 Å². The normalized spacial score (nSPS) is 12.1. The Hall–Kier alpha value is -1.27. The second-order valence-electron chi connectivity index (χ2n) is 5.64. The first-order chi connectivity index (χ1) is 14.4. The molecule has 0 aliphatic heterocycles. The van der Waals surface area contributed by atoms with Crippen molar-refractivity contribution < 1.29 is 81.8 Å². The molecule has 0 amide bonds. The third kappa shape index (κ3) is 10.1. The molecular weight excluding hydrogens is 503 g/mol. The van der Waals surface area contributed by atoms with Gasteiger partial charge in [-0.1, -0.05) is 0 Å². The van der Waals surface area contributed by atoms with Crippen molar-refractivity contribution in [2.45, 2.75) is 9.79 Å². The van der Waals surface area contributed by atoms with Crippen molar-refractivity contribution in [2.75, 3.05) is 26.4 Å². The minimum absolute atomic E-state index is 0. The molecule has 0 heterocycles. The van der Waals surface area contributed by atoms with E-state index in [2.05, 4.69) is 8.37 Å². The summed E-state index contributed by atoms with van der Waals surface area (Å²) < 4.78 is 102. The minimum Gasteiger partial charge on any atom is -0.491 e. The molecule has 2 aromatic rings. The largest absolute Gasteiger partial charge is 1.00 e. The summed E-state index contributed by atoms with van der Waals surface area (Å²) in [6.07, 6.45) is 0. The summed E-state index contributed by atoms with van der Waals surface area (Å²) in [6.45, 7) is -1.23. The zero-order valence-electron chi connectivity index (χ0n) is 16.6. The van der Waals surface area contributed by atoms with Crippen molar-refractivity contribution in [3.8, 4) is 11.5 Å². The summed E-state index contributed by atoms with van der Waals surface area (Å²) in [6, 6.07) is 10.7. The van der Waals surface area contributed by atoms with Crippen molar-refractivity contribution in [2.24, 2.45) is 0 Å². The molecule has 0 saturated heterocycles. The number of sulfone groups is 1. The molecule has 172 valence electrons. The van der Waals surface area contributed by atoms with E-state index in [1.54, 1.807) is 0 Å². The van der Waals surface area contributed by atoms with Crippen LogP contribution in [0.3, 0.4) is 0 Å². The molecular formula is C16H18NaO12S3+. The van der Waals surface area contributed by atoms with Gasteiger partial charge in [0, 0.05) is 0 Å². The predicted molar refractivity (Wildman–Crippen MR) is 104 cm³/mol. The maximum atomic E-state index is 12.7. The maximum absolute atomic E-state index is 12.7. The predicted octanol–water partition coefficient (Wildman–Crippen LogP) is -2.08. The van der Waals surface area contributed by atoms with E-state index >= 15 is 0 Å². The summed E-state index contributed by atoms with van der Waals surface area (Å²) in [5, 5.41) is 0. The zero-order valence-corrected chi connectivity index (χ0v) is 21.1. The molecule has 0 spiro atoms. The van der Waals surface area contributed by atoms with Gasteiger partial charge in [0.25, 0.3) is 0 Å². The molecule has 0 aromatic heterocycles. The Morgan fingerprint density at radius 2 is 0.875 bits per heavy atom. The third-order valence-electron chi connectivity index (χ3n) is 3.44. The topological polar surface area (TPSA) is 180 Å². The van der Waals surface area contributed by atoms with Crippen LogP contribution in [0.5, 0.6) is 11.5 Å². The molecule has 0 unspecified atom stereocenters. The summed E-state index contributed by atoms with van der Waals surface area (Å²) in [7, 11) is -13.0. The van der Waals surface area contributed by atoms with Gasteiger partial charge in [-0.25, -0.2) is 16.8 Å². The average Bonchev–Trinajstić information content (AvgIpc) is 2.68. The van der Waals surface area contributed by atoms with Crippen LogP contribution in [0.1, 0.15) is 0 Å². The van der Waals surface area contributed by atoms with E-state index in [4.69, 9.17) is 18.6 Å². The number of hydrogen-bond acceptors (Lipinski definition) is 10. The van der Waals surface area contributed by atoms with Gasteiger partial charge in [0.2, 0.25) is 9.84 Å². The molecule has 16 heteroatoms. The smallest absolute Gasteiger partial charge is 0.491 e. The molecule has 0 fully saturated rings. The standard InChI is InChI=1S/C16H18O12S3.Na/c17-29(18,15-5-1-13(2-6-15)25-9-11-27-30(19,20)21)16-7-3-14(4-8-16)26-10-12-28-31(22,23)24;/h1-8H,9-12H2,(H,19,20,21)(H,22,23,24);/q;+1. The Labute approximate surface area is 207 Å². The molecule has 12 nitrogen and oxygen atoms in total. The monoisotopic (exact) mass is 521 g/mol. The van der Waals surface area contributed by atoms with Crippen LogP contribution in [0.4, 0.5) is 0 Å². The number of benzene rings is 2. The second-order valence-corrected chi connectivity index (χ2v) is 9.77. The van der Waals surface area contributed by atoms with E-state index in [1.165, 1.54) is 48.5 Å². The Morgan fingerprint density at radius 1 is 0.562 bits per heavy atom. The first-order valence-electron chi connectivity index (χ1n) is 8.31. The summed E-state index contributed by atoms with van der Waals surface area (Å²) in [5.41, 5.74) is 0. The third-order valence-corrected chi connectivity index (χ3v) is 6.15. The van der Waals surface area contributed by atoms with E-state index in [0.717, 1.165) is 0 Å². The molecule has 0 aliphatic carbocycles. The number of hydrogen-bond donors (Lipinski definition) is 2. The Kier molecular flexibility index (Phi) is 11.0. The van der Waals surface area contributed by atoms with E-state index in [1.807, 2.05) is 0 Å². The molecule has 2 rings (SSSR count). The molecule has 2 aromatic carbocycles. The van der Waals surface area contributed by atoms with Gasteiger partial charge in [0.05, 0.1) is 9.79 Å². The molecule has 0 aliphatic rings. The van der Waals surface area contributed by atoms with Gasteiger partial charge in [-0.15, -0.1) is 0 Å². The Morgan fingerprint density at radius 3 is 1.16 bits per heavy atom. The van der Waals surface area contributed by atoms with E-state index in [-0.39, 0.29) is 64.1 Å². The van der Waals surface area contributed by atoms with Crippen molar-refractivity contribution in [3.63, 3.8) is 0 Å². The Bertz CT molecular complexity index is 1090. The van der Waals surface area contributed by atoms with Crippen molar-refractivity contribution in [3.05, 3.63) is 48.5 Å². The molecule has 0 atom stereocenters. The van der Waals surface area contributed by atoms with Crippen molar-refractivity contribution in [1.29, 1.82) is 0 Å². The van der Waals surface area contributed by atoms with Crippen LogP contribution in [-0.4, -0.2) is 60.8 Å². The van der Waals surface area contributed by atoms with Crippen molar-refractivity contribution in [1.82, 2.24) is 0 Å². The summed E-state index contributed by atoms with van der Waals surface area (Å²) in [4.78, 5) is -0.0477. The SMILES string of the molecule is O=S(=O)(O)OCCOc1ccc(S(=O)(=O)c2ccc(OCCOS(=O)(=O)O)cc2)cc1.[Na+]. The fourth-order valence-corrected chi connectivity index (χ4v) is 3.98. The van der Waals surface area contributed by atoms with Gasteiger partial charge in [-0.2, -0.15) is 16.8 Å². The molecule has 0 bridgehead atoms. The molecule has 32 heavy (non-hydrogen) atoms. The van der Waals surface area contributed by atoms with E-state index < -0.39 is 43.8 Å². The van der Waals surface area contributed by atoms with Crippen LogP contribution < -0.4 is 39.0 Å². The second kappa shape index (κ2) is 12.3. The fourth-order valence-electron chi connectivity index (χ4n) is 2.16. The van der Waals surface area contributed by atoms with Gasteiger partial charge in [-0.3, -0.25) is 9.11 Å². The van der Waals surface area contributed by atoms with Crippen LogP contribution in [0.25, 0.3) is 0 Å². The summed E-state index contributed by atoms with van der Waals surface area (Å²) >= 11 is 0. The van der Waals surface area contributed by atoms with Crippen molar-refractivity contribution >= 4 is 30.6 Å². The minimum atomic E-state index is -4.56. The number of ether oxygens (including phenoxy) is 2. The first-order valence-corrected chi connectivity index (χ1v) is 12.5. The van der Waals surface area contributed by atoms with Gasteiger partial charge < -0.3 is 9.47 Å². The van der Waals surface area contributed by atoms with E-state index in [9.17, 15) is 25.3 Å². The van der Waals surface area contributed by atoms with Gasteiger partial charge >= 0.3 is 50.4 Å². The molecule has 0 radical (unpaired) electrons. The van der Waals surface area contributed by atoms with Crippen LogP contribution in [-0.2, 0) is 39.0 Å². The Balaban J connectivity index is 0.00000512. The van der Waals surface area contributed by atoms with Crippen LogP contribution in [0.15, 0.2) is 58.3 Å². The fraction of sp³-hybridized carbons (Fsp3) is 0.250. The van der Waals surface area contributed by atoms with Crippen LogP contribution in [0.2, 0.25) is 0 Å². The number of rotatable bonds is 12. The maximum Gasteiger partial charge on any atom is 1.00 e. The first kappa shape index (κ1) is 28.8. The zero-order chi connectivity index (χ0) is 23.1.